The monoisotopic (exact) mass is 253 g/mol. The Morgan fingerprint density at radius 2 is 1.47 bits per heavy atom. The Labute approximate surface area is 114 Å². The molecule has 3 heteroatoms. The summed E-state index contributed by atoms with van der Waals surface area (Å²) in [5.41, 5.74) is 10.6. The van der Waals surface area contributed by atoms with Crippen molar-refractivity contribution in [3.63, 3.8) is 0 Å². The molecule has 3 nitrogen and oxygen atoms in total. The SMILES string of the molecule is Nc1ccccc1-c1ccccc1N1CCNCC1. The first-order valence-electron chi connectivity index (χ1n) is 6.76. The Bertz CT molecular complexity index is 559. The zero-order chi connectivity index (χ0) is 13.1. The molecule has 2 aromatic carbocycles. The highest BCUT2D eigenvalue weighted by molar-refractivity contribution is 5.85. The van der Waals surface area contributed by atoms with Crippen LogP contribution >= 0.6 is 0 Å². The Hall–Kier alpha value is -2.00. The second-order valence-corrected chi connectivity index (χ2v) is 4.84. The van der Waals surface area contributed by atoms with Gasteiger partial charge in [-0.25, -0.2) is 0 Å². The van der Waals surface area contributed by atoms with Gasteiger partial charge in [0.2, 0.25) is 0 Å². The Balaban J connectivity index is 2.04. The molecule has 0 radical (unpaired) electrons. The molecule has 1 heterocycles. The smallest absolute Gasteiger partial charge is 0.0447 e. The van der Waals surface area contributed by atoms with E-state index in [2.05, 4.69) is 40.5 Å². The summed E-state index contributed by atoms with van der Waals surface area (Å²) in [6, 6.07) is 16.6. The number of benzene rings is 2. The molecule has 1 saturated heterocycles. The van der Waals surface area contributed by atoms with Gasteiger partial charge in [-0.15, -0.1) is 0 Å². The number of anilines is 2. The van der Waals surface area contributed by atoms with E-state index >= 15 is 0 Å². The summed E-state index contributed by atoms with van der Waals surface area (Å²) >= 11 is 0. The molecule has 0 atom stereocenters. The quantitative estimate of drug-likeness (QED) is 0.807. The number of para-hydroxylation sites is 2. The van der Waals surface area contributed by atoms with Gasteiger partial charge < -0.3 is 16.0 Å². The average molecular weight is 253 g/mol. The normalized spacial score (nSPS) is 15.5. The molecule has 0 amide bonds. The molecular weight excluding hydrogens is 234 g/mol. The van der Waals surface area contributed by atoms with Gasteiger partial charge in [0, 0.05) is 48.7 Å². The van der Waals surface area contributed by atoms with Crippen LogP contribution in [0.15, 0.2) is 48.5 Å². The first kappa shape index (κ1) is 12.1. The third-order valence-corrected chi connectivity index (χ3v) is 3.61. The minimum Gasteiger partial charge on any atom is -0.398 e. The highest BCUT2D eigenvalue weighted by atomic mass is 15.2. The molecule has 19 heavy (non-hydrogen) atoms. The van der Waals surface area contributed by atoms with Crippen LogP contribution in [-0.2, 0) is 0 Å². The van der Waals surface area contributed by atoms with Crippen LogP contribution in [0.25, 0.3) is 11.1 Å². The summed E-state index contributed by atoms with van der Waals surface area (Å²) in [5, 5.41) is 3.39. The second kappa shape index (κ2) is 5.33. The maximum absolute atomic E-state index is 6.12. The molecule has 0 saturated carbocycles. The molecule has 0 unspecified atom stereocenters. The van der Waals surface area contributed by atoms with Crippen LogP contribution in [-0.4, -0.2) is 26.2 Å². The van der Waals surface area contributed by atoms with E-state index in [1.54, 1.807) is 0 Å². The predicted octanol–water partition coefficient (Wildman–Crippen LogP) is 2.35. The van der Waals surface area contributed by atoms with Crippen molar-refractivity contribution < 1.29 is 0 Å². The summed E-state index contributed by atoms with van der Waals surface area (Å²) in [6.07, 6.45) is 0. The molecule has 0 spiro atoms. The van der Waals surface area contributed by atoms with Crippen molar-refractivity contribution in [1.82, 2.24) is 5.32 Å². The van der Waals surface area contributed by atoms with Crippen LogP contribution in [0.5, 0.6) is 0 Å². The van der Waals surface area contributed by atoms with E-state index in [-0.39, 0.29) is 0 Å². The van der Waals surface area contributed by atoms with E-state index in [1.165, 1.54) is 11.3 Å². The van der Waals surface area contributed by atoms with E-state index in [4.69, 9.17) is 5.73 Å². The van der Waals surface area contributed by atoms with E-state index in [1.807, 2.05) is 18.2 Å². The minimum atomic E-state index is 0.838. The molecule has 3 N–H and O–H groups in total. The first-order valence-corrected chi connectivity index (χ1v) is 6.76. The average Bonchev–Trinajstić information content (AvgIpc) is 2.49. The minimum absolute atomic E-state index is 0.838. The standard InChI is InChI=1S/C16H19N3/c17-15-7-3-1-5-13(15)14-6-2-4-8-16(14)19-11-9-18-10-12-19/h1-8,18H,9-12,17H2. The Morgan fingerprint density at radius 1 is 0.842 bits per heavy atom. The van der Waals surface area contributed by atoms with Gasteiger partial charge in [-0.3, -0.25) is 0 Å². The highest BCUT2D eigenvalue weighted by Gasteiger charge is 2.15. The number of nitrogen functional groups attached to an aromatic ring is 1. The molecule has 1 fully saturated rings. The first-order chi connectivity index (χ1) is 9.36. The number of nitrogens with zero attached hydrogens (tertiary/aromatic N) is 1. The summed E-state index contributed by atoms with van der Waals surface area (Å²) in [4.78, 5) is 2.43. The van der Waals surface area contributed by atoms with Crippen LogP contribution < -0.4 is 16.0 Å². The van der Waals surface area contributed by atoms with Gasteiger partial charge in [-0.1, -0.05) is 36.4 Å². The predicted molar refractivity (Wildman–Crippen MR) is 81.4 cm³/mol. The van der Waals surface area contributed by atoms with Gasteiger partial charge in [0.25, 0.3) is 0 Å². The van der Waals surface area contributed by atoms with Gasteiger partial charge >= 0.3 is 0 Å². The summed E-state index contributed by atoms with van der Waals surface area (Å²) in [7, 11) is 0. The van der Waals surface area contributed by atoms with Crippen LogP contribution in [0.2, 0.25) is 0 Å². The van der Waals surface area contributed by atoms with Crippen LogP contribution in [0, 0.1) is 0 Å². The maximum atomic E-state index is 6.12. The molecular formula is C16H19N3. The number of hydrogen-bond acceptors (Lipinski definition) is 3. The van der Waals surface area contributed by atoms with Gasteiger partial charge in [0.05, 0.1) is 0 Å². The lowest BCUT2D eigenvalue weighted by atomic mass is 10.0. The third-order valence-electron chi connectivity index (χ3n) is 3.61. The molecule has 98 valence electrons. The lowest BCUT2D eigenvalue weighted by molar-refractivity contribution is 0.589. The zero-order valence-electron chi connectivity index (χ0n) is 11.0. The number of nitrogens with two attached hydrogens (primary N) is 1. The second-order valence-electron chi connectivity index (χ2n) is 4.84. The van der Waals surface area contributed by atoms with Crippen LogP contribution in [0.3, 0.4) is 0 Å². The largest absolute Gasteiger partial charge is 0.398 e. The molecule has 2 aromatic rings. The van der Waals surface area contributed by atoms with E-state index in [0.717, 1.165) is 37.4 Å². The molecule has 0 bridgehead atoms. The van der Waals surface area contributed by atoms with Crippen LogP contribution in [0.1, 0.15) is 0 Å². The van der Waals surface area contributed by atoms with Gasteiger partial charge in [0.1, 0.15) is 0 Å². The molecule has 0 aliphatic carbocycles. The molecule has 1 aliphatic heterocycles. The fraction of sp³-hybridized carbons (Fsp3) is 0.250. The van der Waals surface area contributed by atoms with E-state index in [9.17, 15) is 0 Å². The zero-order valence-corrected chi connectivity index (χ0v) is 11.0. The van der Waals surface area contributed by atoms with Gasteiger partial charge in [-0.05, 0) is 12.1 Å². The maximum Gasteiger partial charge on any atom is 0.0447 e. The highest BCUT2D eigenvalue weighted by Crippen LogP contribution is 2.34. The van der Waals surface area contributed by atoms with E-state index in [0.29, 0.717) is 0 Å². The van der Waals surface area contributed by atoms with Crippen molar-refractivity contribution in [2.45, 2.75) is 0 Å². The van der Waals surface area contributed by atoms with Crippen molar-refractivity contribution in [2.24, 2.45) is 0 Å². The number of hydrogen-bond donors (Lipinski definition) is 2. The van der Waals surface area contributed by atoms with Crippen molar-refractivity contribution in [3.8, 4) is 11.1 Å². The van der Waals surface area contributed by atoms with Crippen LogP contribution in [0.4, 0.5) is 11.4 Å². The molecule has 0 aromatic heterocycles. The van der Waals surface area contributed by atoms with E-state index < -0.39 is 0 Å². The summed E-state index contributed by atoms with van der Waals surface area (Å²) < 4.78 is 0. The third kappa shape index (κ3) is 2.42. The molecule has 3 rings (SSSR count). The summed E-state index contributed by atoms with van der Waals surface area (Å²) in [6.45, 7) is 4.17. The van der Waals surface area contributed by atoms with Gasteiger partial charge in [-0.2, -0.15) is 0 Å². The summed E-state index contributed by atoms with van der Waals surface area (Å²) in [5.74, 6) is 0. The number of rotatable bonds is 2. The van der Waals surface area contributed by atoms with Crippen molar-refractivity contribution in [2.75, 3.05) is 36.8 Å². The topological polar surface area (TPSA) is 41.3 Å². The Kier molecular flexibility index (Phi) is 3.38. The van der Waals surface area contributed by atoms with Crippen molar-refractivity contribution >= 4 is 11.4 Å². The lowest BCUT2D eigenvalue weighted by Gasteiger charge is -2.31. The number of nitrogens with one attached hydrogen (secondary N) is 1. The fourth-order valence-electron chi connectivity index (χ4n) is 2.63. The number of piperazine rings is 1. The Morgan fingerprint density at radius 3 is 2.21 bits per heavy atom. The van der Waals surface area contributed by atoms with Crippen molar-refractivity contribution in [3.05, 3.63) is 48.5 Å². The van der Waals surface area contributed by atoms with Crippen molar-refractivity contribution in [1.29, 1.82) is 0 Å². The molecule has 1 aliphatic rings. The fourth-order valence-corrected chi connectivity index (χ4v) is 2.63. The van der Waals surface area contributed by atoms with Gasteiger partial charge in [0.15, 0.2) is 0 Å². The lowest BCUT2D eigenvalue weighted by Crippen LogP contribution is -2.43.